The molecule has 1 saturated heterocycles. The quantitative estimate of drug-likeness (QED) is 0.196. The first-order valence-electron chi connectivity index (χ1n) is 9.56. The number of benzene rings is 1. The predicted molar refractivity (Wildman–Crippen MR) is 116 cm³/mol. The summed E-state index contributed by atoms with van der Waals surface area (Å²) in [4.78, 5) is 30.3. The monoisotopic (exact) mass is 464 g/mol. The highest BCUT2D eigenvalue weighted by molar-refractivity contribution is 7.17. The van der Waals surface area contributed by atoms with E-state index >= 15 is 0 Å². The van der Waals surface area contributed by atoms with Crippen LogP contribution < -0.4 is 16.5 Å². The number of nitrogens with two attached hydrogens (primary N) is 2. The van der Waals surface area contributed by atoms with E-state index in [9.17, 15) is 9.59 Å². The molecule has 0 unspecified atom stereocenters. The second kappa shape index (κ2) is 8.33. The van der Waals surface area contributed by atoms with E-state index in [-0.39, 0.29) is 11.8 Å². The van der Waals surface area contributed by atoms with Crippen molar-refractivity contribution >= 4 is 45.8 Å². The number of hydrazine groups is 1. The van der Waals surface area contributed by atoms with E-state index in [1.807, 2.05) is 12.1 Å². The fraction of sp³-hybridized carbons (Fsp3) is 0.368. The van der Waals surface area contributed by atoms with Gasteiger partial charge in [0, 0.05) is 32.4 Å². The van der Waals surface area contributed by atoms with Gasteiger partial charge >= 0.3 is 11.9 Å². The van der Waals surface area contributed by atoms with Gasteiger partial charge in [-0.05, 0) is 11.6 Å². The van der Waals surface area contributed by atoms with Crippen molar-refractivity contribution in [3.8, 4) is 0 Å². The smallest absolute Gasteiger partial charge is 0.340 e. The normalized spacial score (nSPS) is 17.9. The molecule has 0 amide bonds. The van der Waals surface area contributed by atoms with Crippen molar-refractivity contribution in [2.24, 2.45) is 16.7 Å². The van der Waals surface area contributed by atoms with Crippen LogP contribution in [0.3, 0.4) is 0 Å². The molecule has 0 atom stereocenters. The first-order chi connectivity index (χ1) is 14.8. The maximum atomic E-state index is 12.6. The summed E-state index contributed by atoms with van der Waals surface area (Å²) in [5.41, 5.74) is 6.77. The number of nitrogens with zero attached hydrogens (tertiary/aromatic N) is 4. The van der Waals surface area contributed by atoms with Gasteiger partial charge in [-0.15, -0.1) is 5.10 Å². The number of aliphatic carboxylic acids is 1. The lowest BCUT2D eigenvalue weighted by atomic mass is 9.81. The first kappa shape index (κ1) is 21.3. The van der Waals surface area contributed by atoms with Gasteiger partial charge in [-0.1, -0.05) is 35.1 Å². The largest absolute Gasteiger partial charge is 0.480 e. The van der Waals surface area contributed by atoms with Crippen molar-refractivity contribution in [2.45, 2.75) is 24.9 Å². The molecule has 0 aliphatic carbocycles. The molecule has 5 N–H and O–H groups in total. The van der Waals surface area contributed by atoms with E-state index in [0.29, 0.717) is 47.8 Å². The number of anilines is 1. The second-order valence-corrected chi connectivity index (χ2v) is 8.91. The van der Waals surface area contributed by atoms with Gasteiger partial charge in [0.15, 0.2) is 17.5 Å². The number of carbonyl (C=O) groups is 2. The van der Waals surface area contributed by atoms with Gasteiger partial charge in [-0.2, -0.15) is 0 Å². The number of amidine groups is 1. The van der Waals surface area contributed by atoms with Crippen molar-refractivity contribution in [1.82, 2.24) is 10.1 Å². The zero-order chi connectivity index (χ0) is 22.2. The Morgan fingerprint density at radius 2 is 2.16 bits per heavy atom. The van der Waals surface area contributed by atoms with Crippen LogP contribution in [0.2, 0.25) is 5.02 Å². The van der Waals surface area contributed by atoms with Crippen LogP contribution in [0.1, 0.15) is 33.6 Å². The highest BCUT2D eigenvalue weighted by Gasteiger charge is 2.43. The van der Waals surface area contributed by atoms with E-state index in [1.54, 1.807) is 12.3 Å². The number of hydrazone groups is 1. The van der Waals surface area contributed by atoms with E-state index in [0.717, 1.165) is 15.8 Å². The summed E-state index contributed by atoms with van der Waals surface area (Å²) in [7, 11) is 0. The van der Waals surface area contributed by atoms with Crippen molar-refractivity contribution in [3.63, 3.8) is 0 Å². The standard InChI is InChI=1S/C19H21ClN6O4S/c20-12-3-1-2-11-8-19(30-17(29)15(11)12)4-6-25(7-5-19)18-23-9-13(31-18)16(21)24-26(22)10-14(27)28/h1-3,9H,4-8,10,22H2,(H2,21,24)(H,27,28). The molecule has 10 nitrogen and oxygen atoms in total. The number of hydrogen-bond acceptors (Lipinski definition) is 9. The Balaban J connectivity index is 1.43. The molecule has 4 rings (SSSR count). The minimum absolute atomic E-state index is 0.0932. The lowest BCUT2D eigenvalue weighted by Gasteiger charge is -2.43. The van der Waals surface area contributed by atoms with Crippen LogP contribution in [0.4, 0.5) is 5.13 Å². The number of hydrogen-bond donors (Lipinski definition) is 3. The molecule has 0 saturated carbocycles. The van der Waals surface area contributed by atoms with Crippen LogP contribution in [-0.2, 0) is 16.0 Å². The average molecular weight is 465 g/mol. The maximum Gasteiger partial charge on any atom is 0.340 e. The van der Waals surface area contributed by atoms with Crippen LogP contribution in [0.15, 0.2) is 29.5 Å². The lowest BCUT2D eigenvalue weighted by molar-refractivity contribution is -0.138. The average Bonchev–Trinajstić information content (AvgIpc) is 3.18. The third kappa shape index (κ3) is 4.43. The van der Waals surface area contributed by atoms with Gasteiger partial charge in [0.2, 0.25) is 0 Å². The minimum Gasteiger partial charge on any atom is -0.480 e. The number of aromatic nitrogens is 1. The van der Waals surface area contributed by atoms with E-state index < -0.39 is 18.1 Å². The van der Waals surface area contributed by atoms with E-state index in [4.69, 9.17) is 33.0 Å². The van der Waals surface area contributed by atoms with Gasteiger partial charge in [-0.25, -0.2) is 20.7 Å². The van der Waals surface area contributed by atoms with Crippen molar-refractivity contribution in [2.75, 3.05) is 24.5 Å². The molecule has 164 valence electrons. The number of carboxylic acids is 1. The van der Waals surface area contributed by atoms with E-state index in [2.05, 4.69) is 15.0 Å². The van der Waals surface area contributed by atoms with Crippen LogP contribution in [0.25, 0.3) is 0 Å². The summed E-state index contributed by atoms with van der Waals surface area (Å²) >= 11 is 7.51. The first-order valence-corrected chi connectivity index (χ1v) is 10.8. The third-order valence-electron chi connectivity index (χ3n) is 5.35. The highest BCUT2D eigenvalue weighted by Crippen LogP contribution is 2.39. The molecule has 0 radical (unpaired) electrons. The number of carboxylic acid groups (broad SMARTS) is 1. The van der Waals surface area contributed by atoms with Gasteiger partial charge in [-0.3, -0.25) is 4.79 Å². The molecular formula is C19H21ClN6O4S. The summed E-state index contributed by atoms with van der Waals surface area (Å²) in [6.45, 7) is 0.859. The van der Waals surface area contributed by atoms with Crippen molar-refractivity contribution < 1.29 is 19.4 Å². The Morgan fingerprint density at radius 3 is 2.87 bits per heavy atom. The number of piperidine rings is 1. The Kier molecular flexibility index (Phi) is 5.73. The molecular weight excluding hydrogens is 444 g/mol. The predicted octanol–water partition coefficient (Wildman–Crippen LogP) is 1.43. The number of carbonyl (C=O) groups excluding carboxylic acids is 1. The number of halogens is 1. The summed E-state index contributed by atoms with van der Waals surface area (Å²) in [5, 5.41) is 14.6. The summed E-state index contributed by atoms with van der Waals surface area (Å²) in [5.74, 6) is 4.12. The number of ether oxygens (including phenoxy) is 1. The molecule has 2 aliphatic heterocycles. The summed E-state index contributed by atoms with van der Waals surface area (Å²) < 4.78 is 5.85. The Morgan fingerprint density at radius 1 is 1.42 bits per heavy atom. The Hall–Kier alpha value is -2.89. The third-order valence-corrected chi connectivity index (χ3v) is 6.75. The maximum absolute atomic E-state index is 12.6. The number of rotatable bonds is 5. The molecule has 1 aromatic heterocycles. The molecule has 1 fully saturated rings. The van der Waals surface area contributed by atoms with Crippen LogP contribution in [-0.4, -0.2) is 58.2 Å². The second-order valence-electron chi connectivity index (χ2n) is 7.49. The van der Waals surface area contributed by atoms with Crippen LogP contribution >= 0.6 is 22.9 Å². The van der Waals surface area contributed by atoms with Crippen molar-refractivity contribution in [3.05, 3.63) is 45.4 Å². The summed E-state index contributed by atoms with van der Waals surface area (Å²) in [6, 6.07) is 5.48. The zero-order valence-corrected chi connectivity index (χ0v) is 18.0. The number of esters is 1. The number of fused-ring (bicyclic) bond motifs is 1. The van der Waals surface area contributed by atoms with Crippen LogP contribution in [0.5, 0.6) is 0 Å². The fourth-order valence-electron chi connectivity index (χ4n) is 3.85. The molecule has 2 aliphatic rings. The molecule has 12 heteroatoms. The molecule has 3 heterocycles. The van der Waals surface area contributed by atoms with Crippen molar-refractivity contribution in [1.29, 1.82) is 0 Å². The van der Waals surface area contributed by atoms with Crippen LogP contribution in [0, 0.1) is 0 Å². The Labute approximate surface area is 187 Å². The topological polar surface area (TPSA) is 147 Å². The minimum atomic E-state index is -1.11. The highest BCUT2D eigenvalue weighted by atomic mass is 35.5. The number of thiazole rings is 1. The summed E-state index contributed by atoms with van der Waals surface area (Å²) in [6.07, 6.45) is 3.55. The SMILES string of the molecule is N/C(=N\N(N)CC(=O)O)c1cnc(N2CCC3(CC2)Cc2cccc(Cl)c2C(=O)O3)s1. The lowest BCUT2D eigenvalue weighted by Crippen LogP contribution is -2.50. The van der Waals surface area contributed by atoms with Gasteiger partial charge < -0.3 is 20.5 Å². The zero-order valence-electron chi connectivity index (χ0n) is 16.5. The fourth-order valence-corrected chi connectivity index (χ4v) is 4.99. The van der Waals surface area contributed by atoms with Gasteiger partial charge in [0.1, 0.15) is 5.60 Å². The van der Waals surface area contributed by atoms with Gasteiger partial charge in [0.05, 0.1) is 21.7 Å². The van der Waals surface area contributed by atoms with Gasteiger partial charge in [0.25, 0.3) is 0 Å². The molecule has 1 aromatic carbocycles. The molecule has 31 heavy (non-hydrogen) atoms. The molecule has 2 aromatic rings. The molecule has 1 spiro atoms. The molecule has 0 bridgehead atoms. The Bertz CT molecular complexity index is 1050. The van der Waals surface area contributed by atoms with E-state index in [1.165, 1.54) is 11.3 Å².